The SMILES string of the molecule is Cc1cn(C(c2ccccc2)(c2ccccc2)c2ccccc2)c[n+]1CCCN1C(=O)c2ccccc2C1=O. The smallest absolute Gasteiger partial charge is 0.261 e. The molecule has 0 saturated carbocycles. The molecule has 0 N–H and O–H groups in total. The van der Waals surface area contributed by atoms with Crippen molar-refractivity contribution in [2.45, 2.75) is 25.4 Å². The highest BCUT2D eigenvalue weighted by molar-refractivity contribution is 6.21. The van der Waals surface area contributed by atoms with Crippen molar-refractivity contribution in [3.63, 3.8) is 0 Å². The summed E-state index contributed by atoms with van der Waals surface area (Å²) in [6, 6.07) is 38.8. The molecule has 0 unspecified atom stereocenters. The third-order valence-corrected chi connectivity index (χ3v) is 7.66. The number of aryl methyl sites for hydroxylation is 2. The summed E-state index contributed by atoms with van der Waals surface area (Å²) in [5, 5.41) is 0. The van der Waals surface area contributed by atoms with Gasteiger partial charge in [-0.3, -0.25) is 14.5 Å². The monoisotopic (exact) mass is 512 g/mol. The van der Waals surface area contributed by atoms with Crippen LogP contribution in [0.4, 0.5) is 0 Å². The van der Waals surface area contributed by atoms with Crippen LogP contribution in [-0.4, -0.2) is 27.8 Å². The summed E-state index contributed by atoms with van der Waals surface area (Å²) < 4.78 is 4.51. The molecular weight excluding hydrogens is 482 g/mol. The molecule has 0 bridgehead atoms. The van der Waals surface area contributed by atoms with Gasteiger partial charge in [0.1, 0.15) is 11.9 Å². The van der Waals surface area contributed by atoms with E-state index in [0.29, 0.717) is 30.6 Å². The van der Waals surface area contributed by atoms with E-state index in [4.69, 9.17) is 0 Å². The number of fused-ring (bicyclic) bond motifs is 1. The maximum atomic E-state index is 12.8. The zero-order chi connectivity index (χ0) is 26.8. The molecule has 0 aliphatic carbocycles. The molecule has 2 amide bonds. The highest BCUT2D eigenvalue weighted by Crippen LogP contribution is 2.40. The highest BCUT2D eigenvalue weighted by atomic mass is 16.2. The van der Waals surface area contributed by atoms with Crippen LogP contribution in [0.25, 0.3) is 0 Å². The number of hydrogen-bond acceptors (Lipinski definition) is 2. The lowest BCUT2D eigenvalue weighted by Gasteiger charge is -2.32. The van der Waals surface area contributed by atoms with Crippen molar-refractivity contribution >= 4 is 11.8 Å². The Bertz CT molecular complexity index is 1490. The molecule has 192 valence electrons. The van der Waals surface area contributed by atoms with Gasteiger partial charge in [-0.15, -0.1) is 0 Å². The third kappa shape index (κ3) is 4.16. The van der Waals surface area contributed by atoms with Crippen molar-refractivity contribution in [3.8, 4) is 0 Å². The average Bonchev–Trinajstić information content (AvgIpc) is 3.47. The molecule has 39 heavy (non-hydrogen) atoms. The van der Waals surface area contributed by atoms with Crippen molar-refractivity contribution < 1.29 is 14.2 Å². The zero-order valence-corrected chi connectivity index (χ0v) is 21.9. The van der Waals surface area contributed by atoms with E-state index in [1.807, 2.05) is 18.2 Å². The fourth-order valence-corrected chi connectivity index (χ4v) is 5.79. The van der Waals surface area contributed by atoms with E-state index in [1.54, 1.807) is 24.3 Å². The summed E-state index contributed by atoms with van der Waals surface area (Å²) in [5.74, 6) is -0.405. The minimum absolute atomic E-state index is 0.203. The van der Waals surface area contributed by atoms with Crippen LogP contribution in [0.5, 0.6) is 0 Å². The number of hydrogen-bond donors (Lipinski definition) is 0. The van der Waals surface area contributed by atoms with Gasteiger partial charge in [0, 0.05) is 36.6 Å². The van der Waals surface area contributed by atoms with Gasteiger partial charge in [0.2, 0.25) is 6.33 Å². The van der Waals surface area contributed by atoms with E-state index < -0.39 is 5.54 Å². The first-order chi connectivity index (χ1) is 19.1. The lowest BCUT2D eigenvalue weighted by atomic mass is 9.77. The van der Waals surface area contributed by atoms with E-state index in [0.717, 1.165) is 22.4 Å². The van der Waals surface area contributed by atoms with Crippen LogP contribution in [0.3, 0.4) is 0 Å². The van der Waals surface area contributed by atoms with Crippen molar-refractivity contribution in [2.75, 3.05) is 6.54 Å². The normalized spacial score (nSPS) is 13.1. The van der Waals surface area contributed by atoms with Gasteiger partial charge in [0.15, 0.2) is 5.54 Å². The van der Waals surface area contributed by atoms with Crippen LogP contribution < -0.4 is 4.57 Å². The highest BCUT2D eigenvalue weighted by Gasteiger charge is 2.43. The van der Waals surface area contributed by atoms with Crippen molar-refractivity contribution in [2.24, 2.45) is 0 Å². The molecule has 0 radical (unpaired) electrons. The molecule has 4 aromatic carbocycles. The predicted molar refractivity (Wildman–Crippen MR) is 150 cm³/mol. The molecule has 0 spiro atoms. The first-order valence-electron chi connectivity index (χ1n) is 13.3. The molecule has 1 aliphatic rings. The molecule has 1 aliphatic heterocycles. The van der Waals surface area contributed by atoms with Crippen LogP contribution >= 0.6 is 0 Å². The summed E-state index contributed by atoms with van der Waals surface area (Å²) in [4.78, 5) is 27.0. The van der Waals surface area contributed by atoms with Gasteiger partial charge in [0.05, 0.1) is 17.7 Å². The Labute approximate surface area is 228 Å². The van der Waals surface area contributed by atoms with E-state index in [2.05, 4.69) is 101 Å². The van der Waals surface area contributed by atoms with Gasteiger partial charge in [-0.2, -0.15) is 0 Å². The van der Waals surface area contributed by atoms with E-state index in [1.165, 1.54) is 4.90 Å². The number of carbonyl (C=O) groups excluding carboxylic acids is 2. The standard InChI is InChI=1S/C34H30N3O2/c1-26-24-36(25-35(26)22-13-23-37-32(38)30-20-11-12-21-31(30)33(37)39)34(27-14-5-2-6-15-27,28-16-7-3-8-17-28)29-18-9-4-10-19-29/h2-12,14-21,24-25H,13,22-23H2,1H3/q+1. The number of carbonyl (C=O) groups is 2. The lowest BCUT2D eigenvalue weighted by Crippen LogP contribution is -2.41. The second kappa shape index (κ2) is 10.2. The topological polar surface area (TPSA) is 46.2 Å². The molecule has 2 heterocycles. The van der Waals surface area contributed by atoms with Crippen molar-refractivity contribution in [1.82, 2.24) is 9.47 Å². The summed E-state index contributed by atoms with van der Waals surface area (Å²) in [6.07, 6.45) is 5.01. The summed E-state index contributed by atoms with van der Waals surface area (Å²) in [5.41, 5.74) is 5.00. The van der Waals surface area contributed by atoms with Gasteiger partial charge >= 0.3 is 0 Å². The molecule has 5 heteroatoms. The average molecular weight is 513 g/mol. The fraction of sp³-hybridized carbons (Fsp3) is 0.147. The second-order valence-corrected chi connectivity index (χ2v) is 9.96. The minimum Gasteiger partial charge on any atom is -0.274 e. The Morgan fingerprint density at radius 2 is 1.08 bits per heavy atom. The Kier molecular flexibility index (Phi) is 6.41. The molecule has 0 fully saturated rings. The Morgan fingerprint density at radius 3 is 1.54 bits per heavy atom. The number of benzene rings is 4. The summed E-state index contributed by atoms with van der Waals surface area (Å²) in [6.45, 7) is 3.16. The quantitative estimate of drug-likeness (QED) is 0.154. The Balaban J connectivity index is 1.36. The van der Waals surface area contributed by atoms with Crippen molar-refractivity contribution in [3.05, 3.63) is 161 Å². The first-order valence-corrected chi connectivity index (χ1v) is 13.3. The van der Waals surface area contributed by atoms with Crippen LogP contribution in [0, 0.1) is 6.92 Å². The largest absolute Gasteiger partial charge is 0.274 e. The predicted octanol–water partition coefficient (Wildman–Crippen LogP) is 5.61. The van der Waals surface area contributed by atoms with E-state index in [9.17, 15) is 9.59 Å². The number of nitrogens with zero attached hydrogens (tertiary/aromatic N) is 3. The van der Waals surface area contributed by atoms with Crippen LogP contribution in [0.15, 0.2) is 128 Å². The number of imide groups is 1. The van der Waals surface area contributed by atoms with Gasteiger partial charge in [-0.1, -0.05) is 103 Å². The first kappa shape index (κ1) is 24.6. The Morgan fingerprint density at radius 1 is 0.641 bits per heavy atom. The van der Waals surface area contributed by atoms with Crippen LogP contribution in [-0.2, 0) is 12.1 Å². The van der Waals surface area contributed by atoms with Gasteiger partial charge in [-0.05, 0) is 12.1 Å². The van der Waals surface area contributed by atoms with E-state index >= 15 is 0 Å². The zero-order valence-electron chi connectivity index (χ0n) is 21.9. The molecule has 5 nitrogen and oxygen atoms in total. The molecule has 0 saturated heterocycles. The molecule has 1 aromatic heterocycles. The molecule has 6 rings (SSSR count). The van der Waals surface area contributed by atoms with Crippen LogP contribution in [0.2, 0.25) is 0 Å². The lowest BCUT2D eigenvalue weighted by molar-refractivity contribution is -0.702. The van der Waals surface area contributed by atoms with Gasteiger partial charge in [-0.25, -0.2) is 9.13 Å². The number of imidazole rings is 1. The fourth-order valence-electron chi connectivity index (χ4n) is 5.79. The van der Waals surface area contributed by atoms with Gasteiger partial charge in [0.25, 0.3) is 11.8 Å². The third-order valence-electron chi connectivity index (χ3n) is 7.66. The number of rotatable bonds is 8. The van der Waals surface area contributed by atoms with Gasteiger partial charge < -0.3 is 0 Å². The Hall–Kier alpha value is -4.77. The summed E-state index contributed by atoms with van der Waals surface area (Å²) >= 11 is 0. The maximum absolute atomic E-state index is 12.8. The second-order valence-electron chi connectivity index (χ2n) is 9.96. The number of amides is 2. The minimum atomic E-state index is -0.581. The molecular formula is C34H30N3O2+. The maximum Gasteiger partial charge on any atom is 0.261 e. The van der Waals surface area contributed by atoms with Crippen molar-refractivity contribution in [1.29, 1.82) is 0 Å². The summed E-state index contributed by atoms with van der Waals surface area (Å²) in [7, 11) is 0. The van der Waals surface area contributed by atoms with E-state index in [-0.39, 0.29) is 11.8 Å². The molecule has 5 aromatic rings. The number of aromatic nitrogens is 2. The molecule has 0 atom stereocenters. The van der Waals surface area contributed by atoms with Crippen LogP contribution in [0.1, 0.15) is 49.5 Å².